The number of hydrogen-bond acceptors (Lipinski definition) is 5. The summed E-state index contributed by atoms with van der Waals surface area (Å²) in [5.41, 5.74) is 2.78. The van der Waals surface area contributed by atoms with Gasteiger partial charge in [-0.1, -0.05) is 0 Å². The van der Waals surface area contributed by atoms with E-state index in [1.165, 1.54) is 32.6 Å². The Bertz CT molecular complexity index is 878. The van der Waals surface area contributed by atoms with E-state index in [9.17, 15) is 9.18 Å². The summed E-state index contributed by atoms with van der Waals surface area (Å²) in [5.74, 6) is -0.485. The van der Waals surface area contributed by atoms with E-state index < -0.39 is 11.7 Å². The molecule has 0 aliphatic rings. The van der Waals surface area contributed by atoms with Gasteiger partial charge >= 0.3 is 0 Å². The van der Waals surface area contributed by atoms with Gasteiger partial charge in [0.1, 0.15) is 5.82 Å². The Balaban J connectivity index is 2.16. The fraction of sp³-hybridized carbons (Fsp3) is 0.118. The zero-order chi connectivity index (χ0) is 18.4. The summed E-state index contributed by atoms with van der Waals surface area (Å²) in [7, 11) is 3.02. The largest absolute Gasteiger partial charge is 0.493 e. The second-order valence-electron chi connectivity index (χ2n) is 4.73. The van der Waals surface area contributed by atoms with Gasteiger partial charge in [-0.25, -0.2) is 9.82 Å². The lowest BCUT2D eigenvalue weighted by Gasteiger charge is -2.09. The van der Waals surface area contributed by atoms with Crippen LogP contribution < -0.4 is 14.9 Å². The number of carbonyl (C=O) groups is 1. The number of rotatable bonds is 5. The van der Waals surface area contributed by atoms with Crippen LogP contribution in [0.1, 0.15) is 21.5 Å². The number of methoxy groups -OCH3 is 2. The van der Waals surface area contributed by atoms with Gasteiger partial charge in [0.05, 0.1) is 37.6 Å². The average Bonchev–Trinajstić information content (AvgIpc) is 2.62. The number of nitrogens with one attached hydrogen (secondary N) is 1. The Morgan fingerprint density at radius 1 is 1.28 bits per heavy atom. The van der Waals surface area contributed by atoms with E-state index in [2.05, 4.69) is 26.5 Å². The number of nitriles is 1. The first-order valence-electron chi connectivity index (χ1n) is 6.94. The maximum atomic E-state index is 13.8. The van der Waals surface area contributed by atoms with Crippen LogP contribution in [0, 0.1) is 17.1 Å². The van der Waals surface area contributed by atoms with Gasteiger partial charge in [0.25, 0.3) is 5.91 Å². The molecule has 0 aliphatic carbocycles. The molecule has 0 bridgehead atoms. The SMILES string of the molecule is COc1cc(Br)c(/C=N\NC(=O)c2ccc(C#N)cc2F)cc1OC. The molecule has 2 rings (SSSR count). The highest BCUT2D eigenvalue weighted by molar-refractivity contribution is 9.10. The molecule has 0 unspecified atom stereocenters. The summed E-state index contributed by atoms with van der Waals surface area (Å²) in [6.07, 6.45) is 1.38. The van der Waals surface area contributed by atoms with Crippen LogP contribution >= 0.6 is 15.9 Å². The summed E-state index contributed by atoms with van der Waals surface area (Å²) >= 11 is 3.36. The minimum atomic E-state index is -0.793. The monoisotopic (exact) mass is 405 g/mol. The second kappa shape index (κ2) is 8.26. The number of carbonyl (C=O) groups excluding carboxylic acids is 1. The molecule has 0 heterocycles. The van der Waals surface area contributed by atoms with E-state index >= 15 is 0 Å². The molecule has 0 saturated carbocycles. The smallest absolute Gasteiger partial charge is 0.274 e. The Morgan fingerprint density at radius 3 is 2.56 bits per heavy atom. The molecular weight excluding hydrogens is 393 g/mol. The third-order valence-corrected chi connectivity index (χ3v) is 3.90. The zero-order valence-corrected chi connectivity index (χ0v) is 14.9. The topological polar surface area (TPSA) is 83.7 Å². The number of ether oxygens (including phenoxy) is 2. The molecule has 1 N–H and O–H groups in total. The standard InChI is InChI=1S/C17H13BrFN3O3/c1-24-15-6-11(13(18)7-16(15)25-2)9-21-22-17(23)12-4-3-10(8-20)5-14(12)19/h3-7,9H,1-2H3,(H,22,23)/b21-9-. The average molecular weight is 406 g/mol. The van der Waals surface area contributed by atoms with E-state index in [1.54, 1.807) is 18.2 Å². The Morgan fingerprint density at radius 2 is 1.96 bits per heavy atom. The highest BCUT2D eigenvalue weighted by Crippen LogP contribution is 2.32. The van der Waals surface area contributed by atoms with E-state index in [0.29, 0.717) is 21.5 Å². The molecule has 25 heavy (non-hydrogen) atoms. The predicted molar refractivity (Wildman–Crippen MR) is 93.4 cm³/mol. The Labute approximate surface area is 152 Å². The van der Waals surface area contributed by atoms with Gasteiger partial charge in [-0.3, -0.25) is 4.79 Å². The van der Waals surface area contributed by atoms with Crippen LogP contribution in [-0.2, 0) is 0 Å². The van der Waals surface area contributed by atoms with Crippen molar-refractivity contribution < 1.29 is 18.7 Å². The number of amides is 1. The van der Waals surface area contributed by atoms with E-state index in [-0.39, 0.29) is 11.1 Å². The summed E-state index contributed by atoms with van der Waals surface area (Å²) in [5, 5.41) is 12.5. The van der Waals surface area contributed by atoms with Crippen LogP contribution in [0.4, 0.5) is 4.39 Å². The molecule has 0 aliphatic heterocycles. The maximum absolute atomic E-state index is 13.8. The van der Waals surface area contributed by atoms with Crippen LogP contribution in [0.3, 0.4) is 0 Å². The van der Waals surface area contributed by atoms with Crippen molar-refractivity contribution in [2.24, 2.45) is 5.10 Å². The molecule has 2 aromatic rings. The third-order valence-electron chi connectivity index (χ3n) is 3.22. The van der Waals surface area contributed by atoms with Gasteiger partial charge in [-0.05, 0) is 46.3 Å². The molecule has 0 fully saturated rings. The van der Waals surface area contributed by atoms with Crippen molar-refractivity contribution in [3.8, 4) is 17.6 Å². The summed E-state index contributed by atoms with van der Waals surface area (Å²) in [4.78, 5) is 12.0. The van der Waals surface area contributed by atoms with Gasteiger partial charge in [-0.2, -0.15) is 10.4 Å². The molecular formula is C17H13BrFN3O3. The fourth-order valence-electron chi connectivity index (χ4n) is 1.96. The molecule has 0 radical (unpaired) electrons. The first kappa shape index (κ1) is 18.4. The predicted octanol–water partition coefficient (Wildman–Crippen LogP) is 3.24. The number of nitrogens with zero attached hydrogens (tertiary/aromatic N) is 2. The second-order valence-corrected chi connectivity index (χ2v) is 5.59. The van der Waals surface area contributed by atoms with Gasteiger partial charge in [0.2, 0.25) is 0 Å². The van der Waals surface area contributed by atoms with Crippen molar-refractivity contribution >= 4 is 28.1 Å². The van der Waals surface area contributed by atoms with Gasteiger partial charge < -0.3 is 9.47 Å². The van der Waals surface area contributed by atoms with Gasteiger partial charge in [0, 0.05) is 10.0 Å². The van der Waals surface area contributed by atoms with Gasteiger partial charge in [-0.15, -0.1) is 0 Å². The van der Waals surface area contributed by atoms with Crippen molar-refractivity contribution in [1.82, 2.24) is 5.43 Å². The lowest BCUT2D eigenvalue weighted by atomic mass is 10.1. The molecule has 0 spiro atoms. The first-order valence-corrected chi connectivity index (χ1v) is 7.74. The first-order chi connectivity index (χ1) is 12.0. The lowest BCUT2D eigenvalue weighted by molar-refractivity contribution is 0.0951. The molecule has 0 aromatic heterocycles. The van der Waals surface area contributed by atoms with E-state index in [4.69, 9.17) is 14.7 Å². The number of hydrogen-bond donors (Lipinski definition) is 1. The third kappa shape index (κ3) is 4.33. The minimum absolute atomic E-state index is 0.131. The highest BCUT2D eigenvalue weighted by Gasteiger charge is 2.12. The maximum Gasteiger partial charge on any atom is 0.274 e. The molecule has 6 nitrogen and oxygen atoms in total. The Kier molecular flexibility index (Phi) is 6.08. The number of benzene rings is 2. The number of hydrazone groups is 1. The van der Waals surface area contributed by atoms with Crippen molar-refractivity contribution in [1.29, 1.82) is 5.26 Å². The summed E-state index contributed by atoms with van der Waals surface area (Å²) in [6, 6.07) is 8.73. The summed E-state index contributed by atoms with van der Waals surface area (Å²) in [6.45, 7) is 0. The highest BCUT2D eigenvalue weighted by atomic mass is 79.9. The molecule has 128 valence electrons. The summed E-state index contributed by atoms with van der Waals surface area (Å²) < 4.78 is 24.8. The van der Waals surface area contributed by atoms with Crippen molar-refractivity contribution in [3.05, 3.63) is 57.3 Å². The molecule has 1 amide bonds. The van der Waals surface area contributed by atoms with Crippen LogP contribution in [0.25, 0.3) is 0 Å². The van der Waals surface area contributed by atoms with Crippen LogP contribution in [-0.4, -0.2) is 26.3 Å². The van der Waals surface area contributed by atoms with Crippen LogP contribution in [0.5, 0.6) is 11.5 Å². The lowest BCUT2D eigenvalue weighted by Crippen LogP contribution is -2.19. The van der Waals surface area contributed by atoms with Gasteiger partial charge in [0.15, 0.2) is 11.5 Å². The van der Waals surface area contributed by atoms with Crippen molar-refractivity contribution in [2.75, 3.05) is 14.2 Å². The van der Waals surface area contributed by atoms with E-state index in [0.717, 1.165) is 6.07 Å². The minimum Gasteiger partial charge on any atom is -0.493 e. The van der Waals surface area contributed by atoms with Crippen molar-refractivity contribution in [2.45, 2.75) is 0 Å². The Hall–Kier alpha value is -2.92. The quantitative estimate of drug-likeness (QED) is 0.611. The van der Waals surface area contributed by atoms with Crippen LogP contribution in [0.2, 0.25) is 0 Å². The van der Waals surface area contributed by atoms with Crippen molar-refractivity contribution in [3.63, 3.8) is 0 Å². The zero-order valence-electron chi connectivity index (χ0n) is 13.3. The molecule has 0 atom stereocenters. The fourth-order valence-corrected chi connectivity index (χ4v) is 2.38. The number of halogens is 2. The molecule has 0 saturated heterocycles. The molecule has 8 heteroatoms. The normalized spacial score (nSPS) is 10.4. The van der Waals surface area contributed by atoms with E-state index in [1.807, 2.05) is 0 Å². The molecule has 2 aromatic carbocycles. The van der Waals surface area contributed by atoms with Crippen LogP contribution in [0.15, 0.2) is 39.9 Å².